The predicted molar refractivity (Wildman–Crippen MR) is 95.9 cm³/mol. The second-order valence-electron chi connectivity index (χ2n) is 6.49. The molecule has 0 spiro atoms. The van der Waals surface area contributed by atoms with Gasteiger partial charge in [-0.05, 0) is 11.1 Å². The van der Waals surface area contributed by atoms with Gasteiger partial charge in [0.15, 0.2) is 0 Å². The first-order chi connectivity index (χ1) is 12.4. The fourth-order valence-corrected chi connectivity index (χ4v) is 3.32. The lowest BCUT2D eigenvalue weighted by atomic mass is 9.92. The summed E-state index contributed by atoms with van der Waals surface area (Å²) in [5, 5.41) is 13.3. The van der Waals surface area contributed by atoms with E-state index in [-0.39, 0.29) is 12.8 Å². The molecule has 3 rings (SSSR count). The molecular formula is C20H22N2O4. The van der Waals surface area contributed by atoms with Gasteiger partial charge in [-0.3, -0.25) is 9.59 Å². The Morgan fingerprint density at radius 3 is 1.96 bits per heavy atom. The number of benzene rings is 2. The van der Waals surface area contributed by atoms with Crippen molar-refractivity contribution >= 4 is 11.8 Å². The Morgan fingerprint density at radius 1 is 0.962 bits per heavy atom. The first kappa shape index (κ1) is 18.1. The van der Waals surface area contributed by atoms with Gasteiger partial charge in [-0.1, -0.05) is 60.7 Å². The third-order valence-corrected chi connectivity index (χ3v) is 4.80. The fraction of sp³-hybridized carbons (Fsp3) is 0.300. The van der Waals surface area contributed by atoms with Gasteiger partial charge in [0, 0.05) is 27.0 Å². The highest BCUT2D eigenvalue weighted by molar-refractivity contribution is 6.00. The Hall–Kier alpha value is -2.70. The first-order valence-corrected chi connectivity index (χ1v) is 8.37. The van der Waals surface area contributed by atoms with E-state index in [9.17, 15) is 14.7 Å². The molecule has 136 valence electrons. The Balaban J connectivity index is 1.90. The molecule has 2 amide bonds. The van der Waals surface area contributed by atoms with Crippen molar-refractivity contribution in [3.05, 3.63) is 71.8 Å². The van der Waals surface area contributed by atoms with Crippen LogP contribution >= 0.6 is 0 Å². The minimum absolute atomic E-state index is 0.0200. The average Bonchev–Trinajstić information content (AvgIpc) is 2.65. The summed E-state index contributed by atoms with van der Waals surface area (Å²) in [5.74, 6) is -1.16. The molecule has 0 bridgehead atoms. The number of methoxy groups -OCH3 is 1. The summed E-state index contributed by atoms with van der Waals surface area (Å²) >= 11 is 0. The highest BCUT2D eigenvalue weighted by Gasteiger charge is 2.57. The molecule has 0 aromatic heterocycles. The molecule has 1 fully saturated rings. The quantitative estimate of drug-likeness (QED) is 0.843. The van der Waals surface area contributed by atoms with Crippen molar-refractivity contribution in [2.24, 2.45) is 0 Å². The third-order valence-electron chi connectivity index (χ3n) is 4.80. The molecule has 1 aliphatic rings. The summed E-state index contributed by atoms with van der Waals surface area (Å²) < 4.78 is 5.50. The number of carbonyl (C=O) groups excluding carboxylic acids is 2. The van der Waals surface area contributed by atoms with Crippen molar-refractivity contribution in [2.75, 3.05) is 14.2 Å². The Kier molecular flexibility index (Phi) is 4.80. The van der Waals surface area contributed by atoms with Crippen LogP contribution in [0.2, 0.25) is 0 Å². The van der Waals surface area contributed by atoms with Gasteiger partial charge in [0.25, 0.3) is 11.8 Å². The molecule has 6 nitrogen and oxygen atoms in total. The topological polar surface area (TPSA) is 78.9 Å². The van der Waals surface area contributed by atoms with E-state index in [2.05, 4.69) is 5.32 Å². The molecule has 0 aliphatic carbocycles. The lowest BCUT2D eigenvalue weighted by molar-refractivity contribution is -0.208. The summed E-state index contributed by atoms with van der Waals surface area (Å²) in [6.07, 6.45) is 0.160. The van der Waals surface area contributed by atoms with Crippen molar-refractivity contribution in [1.29, 1.82) is 0 Å². The van der Waals surface area contributed by atoms with Gasteiger partial charge < -0.3 is 20.1 Å². The van der Waals surface area contributed by atoms with Gasteiger partial charge in [0.2, 0.25) is 11.4 Å². The van der Waals surface area contributed by atoms with Crippen molar-refractivity contribution in [2.45, 2.75) is 24.3 Å². The zero-order chi connectivity index (χ0) is 18.8. The number of aliphatic hydroxyl groups is 1. The molecule has 2 aromatic rings. The standard InChI is InChI=1S/C20H22N2O4/c1-22-18(24)19(25,13-15-9-5-3-6-10-15)21-17(23)20(22,26-2)14-16-11-7-4-8-12-16/h3-12,25H,13-14H2,1-2H3,(H,21,23)/t19-,20+/m0/s1. The Bertz CT molecular complexity index is 796. The van der Waals surface area contributed by atoms with E-state index in [4.69, 9.17) is 4.74 Å². The minimum atomic E-state index is -2.01. The number of hydrogen-bond acceptors (Lipinski definition) is 4. The van der Waals surface area contributed by atoms with E-state index in [1.54, 1.807) is 12.1 Å². The summed E-state index contributed by atoms with van der Waals surface area (Å²) in [5.41, 5.74) is -1.93. The maximum absolute atomic E-state index is 12.9. The molecule has 1 aliphatic heterocycles. The van der Waals surface area contributed by atoms with Crippen LogP contribution in [0.4, 0.5) is 0 Å². The smallest absolute Gasteiger partial charge is 0.278 e. The SMILES string of the molecule is CO[C@]1(Cc2ccccc2)C(=O)N[C@](O)(Cc2ccccc2)C(=O)N1C. The number of likely N-dealkylation sites (N-methyl/N-ethyl adjacent to an activating group) is 1. The van der Waals surface area contributed by atoms with Gasteiger partial charge >= 0.3 is 0 Å². The zero-order valence-electron chi connectivity index (χ0n) is 14.8. The number of amides is 2. The predicted octanol–water partition coefficient (Wildman–Crippen LogP) is 1.09. The first-order valence-electron chi connectivity index (χ1n) is 8.37. The lowest BCUT2D eigenvalue weighted by Gasteiger charge is -2.48. The van der Waals surface area contributed by atoms with Crippen molar-refractivity contribution < 1.29 is 19.4 Å². The third kappa shape index (κ3) is 3.09. The number of ether oxygens (including phenoxy) is 1. The molecular weight excluding hydrogens is 332 g/mol. The van der Waals surface area contributed by atoms with Crippen LogP contribution in [0, 0.1) is 0 Å². The number of nitrogens with zero attached hydrogens (tertiary/aromatic N) is 1. The fourth-order valence-electron chi connectivity index (χ4n) is 3.32. The van der Waals surface area contributed by atoms with Crippen LogP contribution in [0.15, 0.2) is 60.7 Å². The minimum Gasteiger partial charge on any atom is -0.363 e. The van der Waals surface area contributed by atoms with Crippen LogP contribution in [0.1, 0.15) is 11.1 Å². The molecule has 26 heavy (non-hydrogen) atoms. The maximum atomic E-state index is 12.9. The van der Waals surface area contributed by atoms with Crippen LogP contribution in [0.3, 0.4) is 0 Å². The molecule has 2 aromatic carbocycles. The van der Waals surface area contributed by atoms with Crippen molar-refractivity contribution in [1.82, 2.24) is 10.2 Å². The highest BCUT2D eigenvalue weighted by Crippen LogP contribution is 2.30. The maximum Gasteiger partial charge on any atom is 0.278 e. The number of hydrogen-bond donors (Lipinski definition) is 2. The van der Waals surface area contributed by atoms with Crippen LogP contribution in [-0.2, 0) is 27.2 Å². The zero-order valence-corrected chi connectivity index (χ0v) is 14.8. The lowest BCUT2D eigenvalue weighted by Crippen LogP contribution is -2.76. The van der Waals surface area contributed by atoms with Crippen molar-refractivity contribution in [3.8, 4) is 0 Å². The largest absolute Gasteiger partial charge is 0.363 e. The Morgan fingerprint density at radius 2 is 1.46 bits per heavy atom. The second-order valence-corrected chi connectivity index (χ2v) is 6.49. The summed E-state index contributed by atoms with van der Waals surface area (Å²) in [4.78, 5) is 27.1. The molecule has 2 atom stereocenters. The van der Waals surface area contributed by atoms with E-state index < -0.39 is 23.3 Å². The van der Waals surface area contributed by atoms with E-state index in [0.29, 0.717) is 0 Å². The van der Waals surface area contributed by atoms with Gasteiger partial charge in [0.1, 0.15) is 0 Å². The van der Waals surface area contributed by atoms with E-state index in [0.717, 1.165) is 11.1 Å². The normalized spacial score (nSPS) is 25.9. The molecule has 0 saturated carbocycles. The highest BCUT2D eigenvalue weighted by atomic mass is 16.5. The van der Waals surface area contributed by atoms with E-state index in [1.807, 2.05) is 48.5 Å². The summed E-state index contributed by atoms with van der Waals surface area (Å²) in [7, 11) is 2.86. The summed E-state index contributed by atoms with van der Waals surface area (Å²) in [6, 6.07) is 18.3. The van der Waals surface area contributed by atoms with Gasteiger partial charge in [0.05, 0.1) is 0 Å². The number of rotatable bonds is 5. The summed E-state index contributed by atoms with van der Waals surface area (Å²) in [6.45, 7) is 0. The average molecular weight is 354 g/mol. The molecule has 2 N–H and O–H groups in total. The van der Waals surface area contributed by atoms with Crippen molar-refractivity contribution in [3.63, 3.8) is 0 Å². The second kappa shape index (κ2) is 6.90. The van der Waals surface area contributed by atoms with Crippen LogP contribution in [0.25, 0.3) is 0 Å². The number of nitrogens with one attached hydrogen (secondary N) is 1. The molecule has 0 radical (unpaired) electrons. The monoisotopic (exact) mass is 354 g/mol. The van der Waals surface area contributed by atoms with E-state index >= 15 is 0 Å². The Labute approximate surface area is 152 Å². The number of piperazine rings is 1. The van der Waals surface area contributed by atoms with Gasteiger partial charge in [-0.2, -0.15) is 0 Å². The molecule has 1 heterocycles. The van der Waals surface area contributed by atoms with Gasteiger partial charge in [-0.15, -0.1) is 0 Å². The number of carbonyl (C=O) groups is 2. The van der Waals surface area contributed by atoms with Gasteiger partial charge in [-0.25, -0.2) is 0 Å². The molecule has 1 saturated heterocycles. The van der Waals surface area contributed by atoms with E-state index in [1.165, 1.54) is 19.1 Å². The molecule has 0 unspecified atom stereocenters. The van der Waals surface area contributed by atoms with Crippen LogP contribution < -0.4 is 5.32 Å². The molecule has 6 heteroatoms. The van der Waals surface area contributed by atoms with Crippen LogP contribution in [-0.4, -0.2) is 47.4 Å². The van der Waals surface area contributed by atoms with Crippen LogP contribution in [0.5, 0.6) is 0 Å².